The lowest BCUT2D eigenvalue weighted by atomic mass is 10.1. The van der Waals surface area contributed by atoms with Crippen LogP contribution in [0.15, 0.2) is 24.3 Å². The van der Waals surface area contributed by atoms with Crippen LogP contribution in [-0.4, -0.2) is 48.3 Å². The molecule has 2 heterocycles. The molecule has 1 atom stereocenters. The second-order valence-electron chi connectivity index (χ2n) is 5.16. The first-order valence-corrected chi connectivity index (χ1v) is 7.24. The highest BCUT2D eigenvalue weighted by Crippen LogP contribution is 2.17. The van der Waals surface area contributed by atoms with E-state index in [1.165, 1.54) is 0 Å². The molecule has 3 rings (SSSR count). The monoisotopic (exact) mass is 288 g/mol. The molecular formula is C15H20N4O2. The molecule has 2 aromatic rings. The Balaban J connectivity index is 1.90. The number of para-hydroxylation sites is 2. The van der Waals surface area contributed by atoms with Crippen molar-refractivity contribution in [2.24, 2.45) is 0 Å². The summed E-state index contributed by atoms with van der Waals surface area (Å²) in [5.41, 5.74) is 2.04. The minimum atomic E-state index is -0.211. The van der Waals surface area contributed by atoms with Crippen molar-refractivity contribution in [2.75, 3.05) is 26.8 Å². The standard InChI is InChI=1S/C15H20N4O2/c1-21-9-8-19-13-5-3-2-4-11(13)18-14(19)10-12-15(20)17-7-6-16-12/h2-5,12,16H,6-10H2,1H3,(H,17,20). The van der Waals surface area contributed by atoms with Crippen molar-refractivity contribution in [1.29, 1.82) is 0 Å². The summed E-state index contributed by atoms with van der Waals surface area (Å²) in [7, 11) is 1.69. The fourth-order valence-electron chi connectivity index (χ4n) is 2.71. The van der Waals surface area contributed by atoms with Gasteiger partial charge in [0, 0.05) is 33.2 Å². The number of benzene rings is 1. The number of carbonyl (C=O) groups excluding carboxylic acids is 1. The van der Waals surface area contributed by atoms with Crippen LogP contribution in [0.3, 0.4) is 0 Å². The largest absolute Gasteiger partial charge is 0.383 e. The van der Waals surface area contributed by atoms with Crippen LogP contribution in [0, 0.1) is 0 Å². The molecular weight excluding hydrogens is 268 g/mol. The molecule has 6 heteroatoms. The van der Waals surface area contributed by atoms with Gasteiger partial charge in [0.1, 0.15) is 5.82 Å². The minimum absolute atomic E-state index is 0.0478. The van der Waals surface area contributed by atoms with Crippen LogP contribution in [-0.2, 0) is 22.5 Å². The van der Waals surface area contributed by atoms with Crippen molar-refractivity contribution in [3.05, 3.63) is 30.1 Å². The smallest absolute Gasteiger partial charge is 0.237 e. The van der Waals surface area contributed by atoms with Crippen LogP contribution in [0.2, 0.25) is 0 Å². The fraction of sp³-hybridized carbons (Fsp3) is 0.467. The first kappa shape index (κ1) is 14.0. The molecule has 0 bridgehead atoms. The van der Waals surface area contributed by atoms with Crippen LogP contribution in [0.1, 0.15) is 5.82 Å². The first-order chi connectivity index (χ1) is 10.3. The van der Waals surface area contributed by atoms with Crippen LogP contribution in [0.5, 0.6) is 0 Å². The number of carbonyl (C=O) groups is 1. The van der Waals surface area contributed by atoms with Gasteiger partial charge in [-0.2, -0.15) is 0 Å². The Hall–Kier alpha value is -1.92. The van der Waals surface area contributed by atoms with Gasteiger partial charge in [-0.1, -0.05) is 12.1 Å². The number of nitrogens with one attached hydrogen (secondary N) is 2. The number of nitrogens with zero attached hydrogens (tertiary/aromatic N) is 2. The zero-order chi connectivity index (χ0) is 14.7. The molecule has 112 valence electrons. The van der Waals surface area contributed by atoms with Gasteiger partial charge < -0.3 is 19.9 Å². The SMILES string of the molecule is COCCn1c(CC2NCCNC2=O)nc2ccccc21. The Morgan fingerprint density at radius 1 is 1.38 bits per heavy atom. The highest BCUT2D eigenvalue weighted by Gasteiger charge is 2.24. The third-order valence-electron chi connectivity index (χ3n) is 3.77. The van der Waals surface area contributed by atoms with Crippen molar-refractivity contribution in [2.45, 2.75) is 19.0 Å². The van der Waals surface area contributed by atoms with Gasteiger partial charge in [-0.3, -0.25) is 4.79 Å². The van der Waals surface area contributed by atoms with Crippen molar-refractivity contribution in [3.63, 3.8) is 0 Å². The summed E-state index contributed by atoms with van der Waals surface area (Å²) in [5.74, 6) is 0.967. The molecule has 1 aliphatic heterocycles. The van der Waals surface area contributed by atoms with Crippen LogP contribution < -0.4 is 10.6 Å². The highest BCUT2D eigenvalue weighted by molar-refractivity contribution is 5.83. The first-order valence-electron chi connectivity index (χ1n) is 7.24. The van der Waals surface area contributed by atoms with E-state index < -0.39 is 0 Å². The van der Waals surface area contributed by atoms with Gasteiger partial charge in [0.2, 0.25) is 5.91 Å². The predicted octanol–water partition coefficient (Wildman–Crippen LogP) is 0.313. The number of amides is 1. The minimum Gasteiger partial charge on any atom is -0.383 e. The Morgan fingerprint density at radius 2 is 2.24 bits per heavy atom. The van der Waals surface area contributed by atoms with Gasteiger partial charge in [-0.25, -0.2) is 4.98 Å². The molecule has 1 fully saturated rings. The second kappa shape index (κ2) is 6.24. The molecule has 21 heavy (non-hydrogen) atoms. The maximum absolute atomic E-state index is 11.9. The molecule has 2 N–H and O–H groups in total. The molecule has 6 nitrogen and oxygen atoms in total. The van der Waals surface area contributed by atoms with E-state index in [4.69, 9.17) is 4.74 Å². The predicted molar refractivity (Wildman–Crippen MR) is 80.1 cm³/mol. The summed E-state index contributed by atoms with van der Waals surface area (Å²) in [6, 6.07) is 7.82. The molecule has 1 amide bonds. The summed E-state index contributed by atoms with van der Waals surface area (Å²) in [5, 5.41) is 6.13. The molecule has 0 spiro atoms. The zero-order valence-electron chi connectivity index (χ0n) is 12.1. The van der Waals surface area contributed by atoms with E-state index in [0.29, 0.717) is 19.6 Å². The maximum atomic E-state index is 11.9. The van der Waals surface area contributed by atoms with Crippen molar-refractivity contribution < 1.29 is 9.53 Å². The third kappa shape index (κ3) is 2.91. The van der Waals surface area contributed by atoms with Gasteiger partial charge in [0.15, 0.2) is 0 Å². The highest BCUT2D eigenvalue weighted by atomic mass is 16.5. The number of piperazine rings is 1. The summed E-state index contributed by atoms with van der Waals surface area (Å²) in [6.45, 7) is 2.85. The number of rotatable bonds is 5. The van der Waals surface area contributed by atoms with Gasteiger partial charge in [-0.15, -0.1) is 0 Å². The second-order valence-corrected chi connectivity index (χ2v) is 5.16. The Morgan fingerprint density at radius 3 is 3.05 bits per heavy atom. The number of fused-ring (bicyclic) bond motifs is 1. The van der Waals surface area contributed by atoms with Crippen LogP contribution >= 0.6 is 0 Å². The Bertz CT molecular complexity index is 638. The van der Waals surface area contributed by atoms with Crippen molar-refractivity contribution in [1.82, 2.24) is 20.2 Å². The number of hydrogen-bond donors (Lipinski definition) is 2. The van der Waals surface area contributed by atoms with E-state index in [2.05, 4.69) is 26.3 Å². The molecule has 1 aliphatic rings. The molecule has 1 unspecified atom stereocenters. The number of ether oxygens (including phenoxy) is 1. The van der Waals surface area contributed by atoms with E-state index in [0.717, 1.165) is 29.9 Å². The number of hydrogen-bond acceptors (Lipinski definition) is 4. The normalized spacial score (nSPS) is 18.9. The van der Waals surface area contributed by atoms with Crippen molar-refractivity contribution >= 4 is 16.9 Å². The number of methoxy groups -OCH3 is 1. The Labute approximate surface area is 123 Å². The quantitative estimate of drug-likeness (QED) is 0.831. The maximum Gasteiger partial charge on any atom is 0.237 e. The lowest BCUT2D eigenvalue weighted by Gasteiger charge is -2.23. The fourth-order valence-corrected chi connectivity index (χ4v) is 2.71. The lowest BCUT2D eigenvalue weighted by Crippen LogP contribution is -2.54. The topological polar surface area (TPSA) is 68.2 Å². The Kier molecular flexibility index (Phi) is 4.17. The van der Waals surface area contributed by atoms with E-state index in [1.807, 2.05) is 18.2 Å². The lowest BCUT2D eigenvalue weighted by molar-refractivity contribution is -0.124. The average Bonchev–Trinajstić information content (AvgIpc) is 2.85. The average molecular weight is 288 g/mol. The van der Waals surface area contributed by atoms with Gasteiger partial charge in [-0.05, 0) is 12.1 Å². The van der Waals surface area contributed by atoms with Gasteiger partial charge >= 0.3 is 0 Å². The van der Waals surface area contributed by atoms with Crippen LogP contribution in [0.25, 0.3) is 11.0 Å². The number of aromatic nitrogens is 2. The van der Waals surface area contributed by atoms with E-state index >= 15 is 0 Å². The van der Waals surface area contributed by atoms with Crippen molar-refractivity contribution in [3.8, 4) is 0 Å². The van der Waals surface area contributed by atoms with E-state index in [9.17, 15) is 4.79 Å². The van der Waals surface area contributed by atoms with Crippen LogP contribution in [0.4, 0.5) is 0 Å². The van der Waals surface area contributed by atoms with E-state index in [-0.39, 0.29) is 11.9 Å². The molecule has 0 saturated carbocycles. The molecule has 1 saturated heterocycles. The van der Waals surface area contributed by atoms with Gasteiger partial charge in [0.25, 0.3) is 0 Å². The molecule has 1 aromatic heterocycles. The summed E-state index contributed by atoms with van der Waals surface area (Å²) < 4.78 is 7.33. The summed E-state index contributed by atoms with van der Waals surface area (Å²) in [6.07, 6.45) is 0.588. The third-order valence-corrected chi connectivity index (χ3v) is 3.77. The summed E-state index contributed by atoms with van der Waals surface area (Å²) >= 11 is 0. The van der Waals surface area contributed by atoms with Gasteiger partial charge in [0.05, 0.1) is 23.7 Å². The molecule has 0 radical (unpaired) electrons. The molecule has 0 aliphatic carbocycles. The summed E-state index contributed by atoms with van der Waals surface area (Å²) in [4.78, 5) is 16.6. The zero-order valence-corrected chi connectivity index (χ0v) is 12.1. The number of imidazole rings is 1. The molecule has 1 aromatic carbocycles. The van der Waals surface area contributed by atoms with E-state index in [1.54, 1.807) is 7.11 Å².